The molecule has 1 aromatic heterocycles. The van der Waals surface area contributed by atoms with Gasteiger partial charge < -0.3 is 9.84 Å². The summed E-state index contributed by atoms with van der Waals surface area (Å²) in [5.41, 5.74) is 2.24. The molecule has 2 atom stereocenters. The molecule has 5 heteroatoms. The fourth-order valence-corrected chi connectivity index (χ4v) is 3.66. The van der Waals surface area contributed by atoms with Crippen molar-refractivity contribution >= 4 is 40.6 Å². The number of benzene rings is 3. The van der Waals surface area contributed by atoms with Gasteiger partial charge in [-0.2, -0.15) is 0 Å². The van der Waals surface area contributed by atoms with Gasteiger partial charge in [-0.25, -0.2) is 9.78 Å². The Labute approximate surface area is 198 Å². The predicted octanol–water partition coefficient (Wildman–Crippen LogP) is 6.51. The second-order valence-corrected chi connectivity index (χ2v) is 8.53. The van der Waals surface area contributed by atoms with E-state index in [4.69, 9.17) is 16.3 Å². The number of nitrogens with zero attached hydrogens (tertiary/aromatic N) is 1. The maximum absolute atomic E-state index is 12.4. The van der Waals surface area contributed by atoms with Crippen LogP contribution in [0.25, 0.3) is 23.1 Å². The van der Waals surface area contributed by atoms with Crippen molar-refractivity contribution in [3.05, 3.63) is 112 Å². The van der Waals surface area contributed by atoms with Gasteiger partial charge in [-0.1, -0.05) is 66.2 Å². The molecule has 0 saturated heterocycles. The molecule has 1 N–H and O–H groups in total. The first kappa shape index (κ1) is 22.7. The summed E-state index contributed by atoms with van der Waals surface area (Å²) in [6, 6.07) is 25.8. The number of ether oxygens (including phenoxy) is 1. The van der Waals surface area contributed by atoms with Crippen LogP contribution in [0.15, 0.2) is 84.9 Å². The molecule has 0 radical (unpaired) electrons. The Morgan fingerprint density at radius 2 is 1.76 bits per heavy atom. The van der Waals surface area contributed by atoms with E-state index in [2.05, 4.69) is 4.98 Å². The van der Waals surface area contributed by atoms with Crippen LogP contribution in [-0.4, -0.2) is 22.2 Å². The Kier molecular flexibility index (Phi) is 6.59. The van der Waals surface area contributed by atoms with Crippen molar-refractivity contribution in [2.75, 3.05) is 0 Å². The van der Waals surface area contributed by atoms with Crippen molar-refractivity contribution in [2.24, 2.45) is 0 Å². The van der Waals surface area contributed by atoms with Crippen molar-refractivity contribution in [2.45, 2.75) is 25.6 Å². The first-order valence-corrected chi connectivity index (χ1v) is 11.0. The lowest BCUT2D eigenvalue weighted by Gasteiger charge is -2.30. The second-order valence-electron chi connectivity index (χ2n) is 8.09. The van der Waals surface area contributed by atoms with Crippen LogP contribution in [0.3, 0.4) is 0 Å². The smallest absolute Gasteiger partial charge is 0.338 e. The maximum atomic E-state index is 12.4. The zero-order chi connectivity index (χ0) is 23.4. The highest BCUT2D eigenvalue weighted by Crippen LogP contribution is 2.28. The SMILES string of the molecule is CC(OC(=O)c1ccccc1)C(C)(O)c1cccc(C=Cc2ccc3ccc(Cl)cc3n2)c1. The predicted molar refractivity (Wildman–Crippen MR) is 133 cm³/mol. The average Bonchev–Trinajstić information content (AvgIpc) is 2.83. The van der Waals surface area contributed by atoms with Crippen molar-refractivity contribution in [3.8, 4) is 0 Å². The Balaban J connectivity index is 1.52. The first-order valence-electron chi connectivity index (χ1n) is 10.7. The number of aliphatic hydroxyl groups is 1. The van der Waals surface area contributed by atoms with Gasteiger partial charge >= 0.3 is 5.97 Å². The molecule has 4 aromatic rings. The minimum Gasteiger partial charge on any atom is -0.456 e. The maximum Gasteiger partial charge on any atom is 0.338 e. The van der Waals surface area contributed by atoms with E-state index in [-0.39, 0.29) is 0 Å². The molecule has 0 saturated carbocycles. The molecule has 0 spiro atoms. The number of hydrogen-bond acceptors (Lipinski definition) is 4. The van der Waals surface area contributed by atoms with Gasteiger partial charge in [-0.3, -0.25) is 0 Å². The fraction of sp³-hybridized carbons (Fsp3) is 0.143. The van der Waals surface area contributed by atoms with Crippen LogP contribution in [0.4, 0.5) is 0 Å². The van der Waals surface area contributed by atoms with E-state index >= 15 is 0 Å². The minimum atomic E-state index is -1.37. The van der Waals surface area contributed by atoms with Crippen LogP contribution < -0.4 is 0 Å². The summed E-state index contributed by atoms with van der Waals surface area (Å²) < 4.78 is 5.55. The minimum absolute atomic E-state index is 0.445. The summed E-state index contributed by atoms with van der Waals surface area (Å²) in [5, 5.41) is 12.8. The van der Waals surface area contributed by atoms with Crippen molar-refractivity contribution in [3.63, 3.8) is 0 Å². The zero-order valence-corrected chi connectivity index (χ0v) is 19.2. The number of carbonyl (C=O) groups excluding carboxylic acids is 1. The summed E-state index contributed by atoms with van der Waals surface area (Å²) >= 11 is 6.08. The van der Waals surface area contributed by atoms with E-state index in [1.807, 2.05) is 72.8 Å². The molecule has 4 nitrogen and oxygen atoms in total. The third-order valence-electron chi connectivity index (χ3n) is 5.68. The van der Waals surface area contributed by atoms with Crippen LogP contribution in [0.5, 0.6) is 0 Å². The van der Waals surface area contributed by atoms with Gasteiger partial charge in [-0.15, -0.1) is 0 Å². The summed E-state index contributed by atoms with van der Waals surface area (Å²) in [5.74, 6) is -0.470. The molecule has 1 heterocycles. The average molecular weight is 458 g/mol. The first-order chi connectivity index (χ1) is 15.8. The monoisotopic (exact) mass is 457 g/mol. The standard InChI is InChI=1S/C28H24ClNO3/c1-19(33-27(31)22-8-4-3-5-9-22)28(2,32)23-10-6-7-20(17-23)11-15-25-16-13-21-12-14-24(29)18-26(21)30-25/h3-19,32H,1-2H3. The lowest BCUT2D eigenvalue weighted by atomic mass is 9.89. The van der Waals surface area contributed by atoms with Crippen LogP contribution in [0.2, 0.25) is 5.02 Å². The number of hydrogen-bond donors (Lipinski definition) is 1. The molecule has 3 aromatic carbocycles. The Hall–Kier alpha value is -3.47. The molecule has 0 aliphatic carbocycles. The number of esters is 1. The number of aromatic nitrogens is 1. The molecule has 166 valence electrons. The van der Waals surface area contributed by atoms with Crippen molar-refractivity contribution in [1.29, 1.82) is 0 Å². The van der Waals surface area contributed by atoms with Crippen molar-refractivity contribution in [1.82, 2.24) is 4.98 Å². The number of halogens is 1. The molecule has 4 rings (SSSR count). The van der Waals surface area contributed by atoms with E-state index in [1.54, 1.807) is 38.1 Å². The van der Waals surface area contributed by atoms with E-state index in [0.717, 1.165) is 22.2 Å². The van der Waals surface area contributed by atoms with E-state index in [1.165, 1.54) is 0 Å². The van der Waals surface area contributed by atoms with Gasteiger partial charge in [0.15, 0.2) is 0 Å². The summed E-state index contributed by atoms with van der Waals surface area (Å²) in [6.07, 6.45) is 3.09. The Bertz CT molecular complexity index is 1320. The lowest BCUT2D eigenvalue weighted by Crippen LogP contribution is -2.38. The van der Waals surface area contributed by atoms with Gasteiger partial charge in [0.25, 0.3) is 0 Å². The molecule has 33 heavy (non-hydrogen) atoms. The summed E-state index contributed by atoms with van der Waals surface area (Å²) in [6.45, 7) is 3.33. The van der Waals surface area contributed by atoms with Crippen LogP contribution in [0, 0.1) is 0 Å². The number of fused-ring (bicyclic) bond motifs is 1. The molecule has 0 amide bonds. The molecule has 0 aliphatic rings. The molecule has 0 aliphatic heterocycles. The third-order valence-corrected chi connectivity index (χ3v) is 5.91. The van der Waals surface area contributed by atoms with Crippen LogP contribution in [0.1, 0.15) is 41.0 Å². The molecule has 0 fully saturated rings. The normalized spacial score (nSPS) is 14.2. The van der Waals surface area contributed by atoms with Crippen molar-refractivity contribution < 1.29 is 14.6 Å². The Morgan fingerprint density at radius 3 is 2.55 bits per heavy atom. The van der Waals surface area contributed by atoms with Gasteiger partial charge in [0.05, 0.1) is 16.8 Å². The fourth-order valence-electron chi connectivity index (χ4n) is 3.49. The highest BCUT2D eigenvalue weighted by Gasteiger charge is 2.33. The highest BCUT2D eigenvalue weighted by atomic mass is 35.5. The third kappa shape index (κ3) is 5.30. The second kappa shape index (κ2) is 9.57. The van der Waals surface area contributed by atoms with E-state index in [9.17, 15) is 9.90 Å². The Morgan fingerprint density at radius 1 is 1.00 bits per heavy atom. The topological polar surface area (TPSA) is 59.4 Å². The van der Waals surface area contributed by atoms with Gasteiger partial charge in [-0.05, 0) is 67.4 Å². The quantitative estimate of drug-likeness (QED) is 0.335. The van der Waals surface area contributed by atoms with Gasteiger partial charge in [0.2, 0.25) is 0 Å². The summed E-state index contributed by atoms with van der Waals surface area (Å²) in [4.78, 5) is 17.0. The number of carbonyl (C=O) groups is 1. The molecule has 0 bridgehead atoms. The highest BCUT2D eigenvalue weighted by molar-refractivity contribution is 6.31. The van der Waals surface area contributed by atoms with Gasteiger partial charge in [0.1, 0.15) is 11.7 Å². The molecular formula is C28H24ClNO3. The zero-order valence-electron chi connectivity index (χ0n) is 18.4. The van der Waals surface area contributed by atoms with Crippen LogP contribution >= 0.6 is 11.6 Å². The largest absolute Gasteiger partial charge is 0.456 e. The van der Waals surface area contributed by atoms with E-state index in [0.29, 0.717) is 16.1 Å². The lowest BCUT2D eigenvalue weighted by molar-refractivity contribution is -0.0710. The molecular weight excluding hydrogens is 434 g/mol. The van der Waals surface area contributed by atoms with E-state index < -0.39 is 17.7 Å². The van der Waals surface area contributed by atoms with Crippen LogP contribution in [-0.2, 0) is 10.3 Å². The molecule has 2 unspecified atom stereocenters. The van der Waals surface area contributed by atoms with Gasteiger partial charge in [0, 0.05) is 10.4 Å². The summed E-state index contributed by atoms with van der Waals surface area (Å²) in [7, 11) is 0. The number of rotatable bonds is 6. The number of pyridine rings is 1.